The highest BCUT2D eigenvalue weighted by Gasteiger charge is 2.27. The SMILES string of the molecule is Cc1cc(OC2CCS(=O)(=O)CC2)cc(C)c1-c1cccc(OCc2ccc3c(c2)OCC3CC(=O)O)n1. The molecule has 0 amide bonds. The third kappa shape index (κ3) is 5.93. The van der Waals surface area contributed by atoms with Gasteiger partial charge < -0.3 is 19.3 Å². The summed E-state index contributed by atoms with van der Waals surface area (Å²) >= 11 is 0. The summed E-state index contributed by atoms with van der Waals surface area (Å²) in [6.45, 7) is 4.70. The fraction of sp³-hybridized carbons (Fsp3) is 0.379. The van der Waals surface area contributed by atoms with E-state index >= 15 is 0 Å². The van der Waals surface area contributed by atoms with E-state index in [1.165, 1.54) is 0 Å². The molecule has 1 unspecified atom stereocenters. The van der Waals surface area contributed by atoms with Crippen LogP contribution in [0.25, 0.3) is 11.3 Å². The average Bonchev–Trinajstić information content (AvgIpc) is 3.25. The van der Waals surface area contributed by atoms with E-state index in [1.54, 1.807) is 0 Å². The number of rotatable bonds is 8. The zero-order valence-corrected chi connectivity index (χ0v) is 22.3. The van der Waals surface area contributed by atoms with E-state index < -0.39 is 15.8 Å². The number of ether oxygens (including phenoxy) is 3. The van der Waals surface area contributed by atoms with E-state index in [9.17, 15) is 13.2 Å². The van der Waals surface area contributed by atoms with Gasteiger partial charge in [-0.3, -0.25) is 4.79 Å². The Balaban J connectivity index is 1.26. The van der Waals surface area contributed by atoms with Gasteiger partial charge in [0.2, 0.25) is 5.88 Å². The number of aromatic nitrogens is 1. The molecule has 2 aliphatic rings. The monoisotopic (exact) mass is 537 g/mol. The molecule has 1 saturated heterocycles. The molecular weight excluding hydrogens is 506 g/mol. The molecule has 5 rings (SSSR count). The fourth-order valence-corrected chi connectivity index (χ4v) is 6.61. The molecule has 0 aliphatic carbocycles. The van der Waals surface area contributed by atoms with Crippen LogP contribution in [0.1, 0.15) is 47.4 Å². The summed E-state index contributed by atoms with van der Waals surface area (Å²) in [5.41, 5.74) is 5.66. The molecule has 1 fully saturated rings. The molecule has 1 aromatic heterocycles. The predicted molar refractivity (Wildman–Crippen MR) is 143 cm³/mol. The number of aliphatic carboxylic acids is 1. The Morgan fingerprint density at radius 3 is 2.53 bits per heavy atom. The normalized spacial score (nSPS) is 18.4. The number of hydrogen-bond donors (Lipinski definition) is 1. The fourth-order valence-electron chi connectivity index (χ4n) is 5.16. The van der Waals surface area contributed by atoms with Crippen molar-refractivity contribution >= 4 is 15.8 Å². The molecule has 2 aliphatic heterocycles. The maximum atomic E-state index is 11.7. The molecular formula is C29H31NO7S. The van der Waals surface area contributed by atoms with Crippen molar-refractivity contribution in [2.24, 2.45) is 0 Å². The van der Waals surface area contributed by atoms with Crippen molar-refractivity contribution in [1.82, 2.24) is 4.98 Å². The molecule has 2 aromatic carbocycles. The molecule has 38 heavy (non-hydrogen) atoms. The zero-order chi connectivity index (χ0) is 26.9. The Morgan fingerprint density at radius 1 is 1.08 bits per heavy atom. The number of benzene rings is 2. The van der Waals surface area contributed by atoms with Crippen molar-refractivity contribution < 1.29 is 32.5 Å². The first-order valence-corrected chi connectivity index (χ1v) is 14.5. The van der Waals surface area contributed by atoms with Crippen LogP contribution in [-0.4, -0.2) is 48.7 Å². The van der Waals surface area contributed by atoms with Gasteiger partial charge in [0.05, 0.1) is 30.2 Å². The molecule has 3 heterocycles. The second-order valence-electron chi connectivity index (χ2n) is 10.0. The van der Waals surface area contributed by atoms with Crippen LogP contribution in [-0.2, 0) is 21.2 Å². The zero-order valence-electron chi connectivity index (χ0n) is 21.5. The van der Waals surface area contributed by atoms with Crippen molar-refractivity contribution in [3.63, 3.8) is 0 Å². The van der Waals surface area contributed by atoms with Crippen molar-refractivity contribution in [3.05, 3.63) is 70.8 Å². The number of carbonyl (C=O) groups is 1. The number of hydrogen-bond acceptors (Lipinski definition) is 7. The van der Waals surface area contributed by atoms with Gasteiger partial charge >= 0.3 is 5.97 Å². The van der Waals surface area contributed by atoms with Crippen LogP contribution in [0.15, 0.2) is 48.5 Å². The maximum absolute atomic E-state index is 11.7. The Bertz CT molecular complexity index is 1430. The van der Waals surface area contributed by atoms with E-state index in [1.807, 2.05) is 62.4 Å². The van der Waals surface area contributed by atoms with Crippen LogP contribution < -0.4 is 14.2 Å². The average molecular weight is 538 g/mol. The largest absolute Gasteiger partial charge is 0.493 e. The summed E-state index contributed by atoms with van der Waals surface area (Å²) < 4.78 is 41.2. The van der Waals surface area contributed by atoms with Crippen molar-refractivity contribution in [2.75, 3.05) is 18.1 Å². The van der Waals surface area contributed by atoms with Crippen LogP contribution in [0.3, 0.4) is 0 Å². The Kier molecular flexibility index (Phi) is 7.29. The molecule has 1 atom stereocenters. The van der Waals surface area contributed by atoms with Gasteiger partial charge in [0.1, 0.15) is 24.2 Å². The topological polar surface area (TPSA) is 112 Å². The minimum atomic E-state index is -2.93. The van der Waals surface area contributed by atoms with Gasteiger partial charge in [-0.05, 0) is 67.6 Å². The van der Waals surface area contributed by atoms with Crippen LogP contribution in [0.4, 0.5) is 0 Å². The van der Waals surface area contributed by atoms with E-state index in [0.29, 0.717) is 37.7 Å². The van der Waals surface area contributed by atoms with Gasteiger partial charge in [-0.25, -0.2) is 13.4 Å². The Hall–Kier alpha value is -3.59. The van der Waals surface area contributed by atoms with Gasteiger partial charge in [-0.2, -0.15) is 0 Å². The molecule has 0 radical (unpaired) electrons. The molecule has 1 N–H and O–H groups in total. The number of carboxylic acid groups (broad SMARTS) is 1. The summed E-state index contributed by atoms with van der Waals surface area (Å²) in [6, 6.07) is 15.4. The second kappa shape index (κ2) is 10.6. The first-order valence-electron chi connectivity index (χ1n) is 12.7. The minimum absolute atomic E-state index is 0.0520. The third-order valence-electron chi connectivity index (χ3n) is 7.06. The van der Waals surface area contributed by atoms with Gasteiger partial charge in [0.25, 0.3) is 0 Å². The summed E-state index contributed by atoms with van der Waals surface area (Å²) in [5.74, 6) is 1.34. The van der Waals surface area contributed by atoms with Crippen LogP contribution in [0.2, 0.25) is 0 Å². The maximum Gasteiger partial charge on any atom is 0.304 e. The van der Waals surface area contributed by atoms with Gasteiger partial charge in [-0.15, -0.1) is 0 Å². The first-order chi connectivity index (χ1) is 18.2. The number of pyridine rings is 1. The highest BCUT2D eigenvalue weighted by molar-refractivity contribution is 7.91. The number of carboxylic acids is 1. The number of sulfone groups is 1. The molecule has 200 valence electrons. The molecule has 0 saturated carbocycles. The van der Waals surface area contributed by atoms with Gasteiger partial charge in [0, 0.05) is 23.1 Å². The summed E-state index contributed by atoms with van der Waals surface area (Å²) in [6.07, 6.45) is 0.993. The molecule has 9 heteroatoms. The molecule has 0 spiro atoms. The summed E-state index contributed by atoms with van der Waals surface area (Å²) in [7, 11) is -2.93. The molecule has 8 nitrogen and oxygen atoms in total. The number of fused-ring (bicyclic) bond motifs is 1. The van der Waals surface area contributed by atoms with E-state index in [-0.39, 0.29) is 29.9 Å². The Labute approximate surface area is 222 Å². The highest BCUT2D eigenvalue weighted by Crippen LogP contribution is 2.37. The predicted octanol–water partition coefficient (Wildman–Crippen LogP) is 4.85. The lowest BCUT2D eigenvalue weighted by Gasteiger charge is -2.24. The van der Waals surface area contributed by atoms with Gasteiger partial charge in [-0.1, -0.05) is 18.2 Å². The van der Waals surface area contributed by atoms with Crippen LogP contribution in [0.5, 0.6) is 17.4 Å². The lowest BCUT2D eigenvalue weighted by atomic mass is 9.97. The van der Waals surface area contributed by atoms with E-state index in [4.69, 9.17) is 24.3 Å². The van der Waals surface area contributed by atoms with E-state index in [2.05, 4.69) is 0 Å². The quantitative estimate of drug-likeness (QED) is 0.434. The van der Waals surface area contributed by atoms with Crippen LogP contribution >= 0.6 is 0 Å². The standard InChI is InChI=1S/C29H31NO7S/c1-18-12-23(37-22-8-10-38(33,34)11-9-22)13-19(2)29(18)25-4-3-5-27(30-25)36-16-20-6-7-24-21(15-28(31)32)17-35-26(24)14-20/h3-7,12-14,21-22H,8-11,15-17H2,1-2H3,(H,31,32). The second-order valence-corrected chi connectivity index (χ2v) is 12.3. The highest BCUT2D eigenvalue weighted by atomic mass is 32.2. The number of nitrogens with zero attached hydrogens (tertiary/aromatic N) is 1. The van der Waals surface area contributed by atoms with Crippen molar-refractivity contribution in [1.29, 1.82) is 0 Å². The van der Waals surface area contributed by atoms with Crippen molar-refractivity contribution in [2.45, 2.75) is 51.7 Å². The third-order valence-corrected chi connectivity index (χ3v) is 8.77. The lowest BCUT2D eigenvalue weighted by Crippen LogP contribution is -2.30. The first kappa shape index (κ1) is 26.0. The minimum Gasteiger partial charge on any atom is -0.493 e. The van der Waals surface area contributed by atoms with Crippen molar-refractivity contribution in [3.8, 4) is 28.6 Å². The lowest BCUT2D eigenvalue weighted by molar-refractivity contribution is -0.137. The van der Waals surface area contributed by atoms with E-state index in [0.717, 1.165) is 39.3 Å². The van der Waals surface area contributed by atoms with Crippen LogP contribution in [0, 0.1) is 13.8 Å². The smallest absolute Gasteiger partial charge is 0.304 e. The molecule has 3 aromatic rings. The number of aryl methyl sites for hydroxylation is 2. The Morgan fingerprint density at radius 2 is 1.82 bits per heavy atom. The molecule has 0 bridgehead atoms. The van der Waals surface area contributed by atoms with Gasteiger partial charge in [0.15, 0.2) is 9.84 Å². The summed E-state index contributed by atoms with van der Waals surface area (Å²) in [4.78, 5) is 15.8. The summed E-state index contributed by atoms with van der Waals surface area (Å²) in [5, 5.41) is 9.09.